The number of ether oxygens (including phenoxy) is 1. The summed E-state index contributed by atoms with van der Waals surface area (Å²) in [6.45, 7) is 2.73. The van der Waals surface area contributed by atoms with Crippen molar-refractivity contribution in [2.24, 2.45) is 0 Å². The van der Waals surface area contributed by atoms with Crippen molar-refractivity contribution in [1.29, 1.82) is 5.26 Å². The highest BCUT2D eigenvalue weighted by Crippen LogP contribution is 2.21. The van der Waals surface area contributed by atoms with Gasteiger partial charge in [0.2, 0.25) is 5.82 Å². The summed E-state index contributed by atoms with van der Waals surface area (Å²) < 4.78 is 5.62. The Balaban J connectivity index is 1.96. The Labute approximate surface area is 124 Å². The van der Waals surface area contributed by atoms with Crippen LogP contribution in [0.5, 0.6) is 5.75 Å². The lowest BCUT2D eigenvalue weighted by Crippen LogP contribution is -1.93. The summed E-state index contributed by atoms with van der Waals surface area (Å²) in [5.74, 6) is 1.01. The molecule has 0 N–H and O–H groups in total. The van der Waals surface area contributed by atoms with E-state index in [0.717, 1.165) is 29.7 Å². The largest absolute Gasteiger partial charge is 0.490 e. The zero-order chi connectivity index (χ0) is 14.9. The number of unbranched alkanes of at least 4 members (excludes halogenated alkanes) is 1. The number of rotatable bonds is 6. The smallest absolute Gasteiger partial charge is 0.232 e. The predicted octanol–water partition coefficient (Wildman–Crippen LogP) is 3.75. The third-order valence-electron chi connectivity index (χ3n) is 2.91. The number of benzene rings is 1. The van der Waals surface area contributed by atoms with Crippen molar-refractivity contribution in [3.05, 3.63) is 54.6 Å². The molecule has 4 heteroatoms. The second-order valence-corrected chi connectivity index (χ2v) is 4.50. The number of allylic oxidation sites excluding steroid dienone is 1. The minimum atomic E-state index is 0.178. The average Bonchev–Trinajstić information content (AvgIpc) is 2.55. The average molecular weight is 279 g/mol. The Morgan fingerprint density at radius 3 is 2.43 bits per heavy atom. The van der Waals surface area contributed by atoms with Gasteiger partial charge in [0.25, 0.3) is 0 Å². The lowest BCUT2D eigenvalue weighted by molar-refractivity contribution is 0.362. The highest BCUT2D eigenvalue weighted by molar-refractivity contribution is 5.62. The van der Waals surface area contributed by atoms with Crippen LogP contribution < -0.4 is 4.74 Å². The Morgan fingerprint density at radius 2 is 1.81 bits per heavy atom. The molecule has 0 amide bonds. The first-order chi connectivity index (χ1) is 10.3. The molecule has 0 atom stereocenters. The fourth-order valence-corrected chi connectivity index (χ4v) is 1.78. The molecule has 4 nitrogen and oxygen atoms in total. The molecule has 1 aromatic carbocycles. The molecule has 21 heavy (non-hydrogen) atoms. The van der Waals surface area contributed by atoms with Crippen LogP contribution in [0.2, 0.25) is 0 Å². The van der Waals surface area contributed by atoms with E-state index in [1.807, 2.05) is 36.4 Å². The summed E-state index contributed by atoms with van der Waals surface area (Å²) >= 11 is 0. The minimum Gasteiger partial charge on any atom is -0.490 e. The monoisotopic (exact) mass is 279 g/mol. The van der Waals surface area contributed by atoms with E-state index in [1.165, 1.54) is 0 Å². The number of nitriles is 1. The normalized spacial score (nSPS) is 10.5. The van der Waals surface area contributed by atoms with Crippen LogP contribution >= 0.6 is 0 Å². The Morgan fingerprint density at radius 1 is 1.10 bits per heavy atom. The summed E-state index contributed by atoms with van der Waals surface area (Å²) in [5, 5.41) is 8.67. The Bertz CT molecular complexity index is 625. The van der Waals surface area contributed by atoms with Crippen molar-refractivity contribution in [1.82, 2.24) is 9.97 Å². The molecule has 0 radical (unpaired) electrons. The van der Waals surface area contributed by atoms with E-state index in [4.69, 9.17) is 10.00 Å². The van der Waals surface area contributed by atoms with Gasteiger partial charge in [-0.15, -0.1) is 0 Å². The zero-order valence-electron chi connectivity index (χ0n) is 12.0. The number of nitrogens with zero attached hydrogens (tertiary/aromatic N) is 3. The SMILES string of the molecule is CCC/C=C/COc1ccc(-c2cnc(C#N)nc2)cc1. The molecule has 1 aromatic heterocycles. The van der Waals surface area contributed by atoms with Crippen LogP contribution in [0.25, 0.3) is 11.1 Å². The summed E-state index contributed by atoms with van der Waals surface area (Å²) in [7, 11) is 0. The first kappa shape index (κ1) is 14.7. The maximum absolute atomic E-state index is 8.67. The van der Waals surface area contributed by atoms with Gasteiger partial charge in [-0.05, 0) is 24.1 Å². The van der Waals surface area contributed by atoms with E-state index in [2.05, 4.69) is 23.0 Å². The van der Waals surface area contributed by atoms with E-state index < -0.39 is 0 Å². The van der Waals surface area contributed by atoms with Crippen LogP contribution in [0.4, 0.5) is 0 Å². The summed E-state index contributed by atoms with van der Waals surface area (Å²) in [6, 6.07) is 9.65. The van der Waals surface area contributed by atoms with Gasteiger partial charge in [-0.1, -0.05) is 37.6 Å². The first-order valence-electron chi connectivity index (χ1n) is 6.94. The van der Waals surface area contributed by atoms with Gasteiger partial charge >= 0.3 is 0 Å². The molecule has 0 spiro atoms. The molecule has 0 fully saturated rings. The molecule has 0 aliphatic heterocycles. The molecule has 0 bridgehead atoms. The molecule has 0 aliphatic rings. The van der Waals surface area contributed by atoms with Gasteiger partial charge < -0.3 is 4.74 Å². The quantitative estimate of drug-likeness (QED) is 0.755. The van der Waals surface area contributed by atoms with Gasteiger partial charge in [0.15, 0.2) is 0 Å². The van der Waals surface area contributed by atoms with Crippen molar-refractivity contribution in [2.75, 3.05) is 6.61 Å². The van der Waals surface area contributed by atoms with E-state index in [-0.39, 0.29) is 5.82 Å². The van der Waals surface area contributed by atoms with Crippen LogP contribution in [0.1, 0.15) is 25.6 Å². The molecular formula is C17H17N3O. The third-order valence-corrected chi connectivity index (χ3v) is 2.91. The molecule has 2 aromatic rings. The van der Waals surface area contributed by atoms with Gasteiger partial charge in [-0.25, -0.2) is 9.97 Å². The number of aromatic nitrogens is 2. The molecule has 0 unspecified atom stereocenters. The predicted molar refractivity (Wildman–Crippen MR) is 81.7 cm³/mol. The van der Waals surface area contributed by atoms with Gasteiger partial charge in [0, 0.05) is 18.0 Å². The molecular weight excluding hydrogens is 262 g/mol. The second kappa shape index (κ2) is 7.81. The van der Waals surface area contributed by atoms with Crippen LogP contribution in [0.3, 0.4) is 0 Å². The Kier molecular flexibility index (Phi) is 5.48. The van der Waals surface area contributed by atoms with Crippen molar-refractivity contribution < 1.29 is 4.74 Å². The summed E-state index contributed by atoms with van der Waals surface area (Å²) in [6.07, 6.45) is 9.69. The van der Waals surface area contributed by atoms with E-state index >= 15 is 0 Å². The van der Waals surface area contributed by atoms with Crippen LogP contribution in [-0.2, 0) is 0 Å². The standard InChI is InChI=1S/C17H17N3O/c1-2-3-4-5-10-21-16-8-6-14(7-9-16)15-12-19-17(11-18)20-13-15/h4-9,12-13H,2-3,10H2,1H3/b5-4+. The molecule has 2 rings (SSSR count). The van der Waals surface area contributed by atoms with Gasteiger partial charge in [0.05, 0.1) is 0 Å². The van der Waals surface area contributed by atoms with Crippen LogP contribution in [-0.4, -0.2) is 16.6 Å². The third kappa shape index (κ3) is 4.43. The van der Waals surface area contributed by atoms with Gasteiger partial charge in [0.1, 0.15) is 18.4 Å². The highest BCUT2D eigenvalue weighted by Gasteiger charge is 2.00. The van der Waals surface area contributed by atoms with E-state index in [9.17, 15) is 0 Å². The molecule has 106 valence electrons. The first-order valence-corrected chi connectivity index (χ1v) is 6.94. The summed E-state index contributed by atoms with van der Waals surface area (Å²) in [4.78, 5) is 7.92. The lowest BCUT2D eigenvalue weighted by Gasteiger charge is -2.05. The fraction of sp³-hybridized carbons (Fsp3) is 0.235. The minimum absolute atomic E-state index is 0.178. The zero-order valence-corrected chi connectivity index (χ0v) is 12.0. The molecule has 0 saturated heterocycles. The summed E-state index contributed by atoms with van der Waals surface area (Å²) in [5.41, 5.74) is 1.87. The van der Waals surface area contributed by atoms with Crippen molar-refractivity contribution >= 4 is 0 Å². The van der Waals surface area contributed by atoms with Crippen molar-refractivity contribution in [2.45, 2.75) is 19.8 Å². The Hall–Kier alpha value is -2.67. The van der Waals surface area contributed by atoms with E-state index in [0.29, 0.717) is 6.61 Å². The van der Waals surface area contributed by atoms with Gasteiger partial charge in [-0.2, -0.15) is 5.26 Å². The lowest BCUT2D eigenvalue weighted by atomic mass is 10.1. The second-order valence-electron chi connectivity index (χ2n) is 4.50. The maximum Gasteiger partial charge on any atom is 0.232 e. The van der Waals surface area contributed by atoms with Crippen LogP contribution in [0.15, 0.2) is 48.8 Å². The molecule has 0 saturated carbocycles. The highest BCUT2D eigenvalue weighted by atomic mass is 16.5. The van der Waals surface area contributed by atoms with Crippen LogP contribution in [0, 0.1) is 11.3 Å². The fourth-order valence-electron chi connectivity index (χ4n) is 1.78. The molecule has 1 heterocycles. The van der Waals surface area contributed by atoms with E-state index in [1.54, 1.807) is 12.4 Å². The maximum atomic E-state index is 8.67. The van der Waals surface area contributed by atoms with Gasteiger partial charge in [-0.3, -0.25) is 0 Å². The van der Waals surface area contributed by atoms with Crippen molar-refractivity contribution in [3.8, 4) is 22.9 Å². The topological polar surface area (TPSA) is 58.8 Å². The number of hydrogen-bond acceptors (Lipinski definition) is 4. The van der Waals surface area contributed by atoms with Crippen molar-refractivity contribution in [3.63, 3.8) is 0 Å². The number of hydrogen-bond donors (Lipinski definition) is 0. The molecule has 0 aliphatic carbocycles.